The summed E-state index contributed by atoms with van der Waals surface area (Å²) in [4.78, 5) is 16.9. The van der Waals surface area contributed by atoms with Crippen LogP contribution in [0.4, 0.5) is 0 Å². The highest BCUT2D eigenvalue weighted by atomic mass is 16.7. The molecule has 1 saturated heterocycles. The van der Waals surface area contributed by atoms with Crippen molar-refractivity contribution in [1.29, 1.82) is 0 Å². The monoisotopic (exact) mass is 297 g/mol. The van der Waals surface area contributed by atoms with Crippen molar-refractivity contribution in [3.05, 3.63) is 0 Å². The van der Waals surface area contributed by atoms with Gasteiger partial charge in [0, 0.05) is 19.5 Å². The number of aliphatic carboxylic acids is 1. The highest BCUT2D eigenvalue weighted by Crippen LogP contribution is 2.38. The molecule has 1 heterocycles. The summed E-state index contributed by atoms with van der Waals surface area (Å²) in [5, 5.41) is 10.9. The lowest BCUT2D eigenvalue weighted by molar-refractivity contribution is -0.220. The molecule has 0 atom stereocenters. The van der Waals surface area contributed by atoms with Crippen molar-refractivity contribution < 1.29 is 14.7 Å². The predicted octanol–water partition coefficient (Wildman–Crippen LogP) is 3.71. The second-order valence-corrected chi connectivity index (χ2v) is 7.92. The molecule has 4 nitrogen and oxygen atoms in total. The Bertz CT molecular complexity index is 334. The smallest absolute Gasteiger partial charge is 0.303 e. The zero-order chi connectivity index (χ0) is 15.5. The Hall–Kier alpha value is -0.610. The van der Waals surface area contributed by atoms with Gasteiger partial charge in [0.1, 0.15) is 0 Å². The van der Waals surface area contributed by atoms with Crippen LogP contribution in [0.2, 0.25) is 0 Å². The Balaban J connectivity index is 1.67. The van der Waals surface area contributed by atoms with Gasteiger partial charge < -0.3 is 5.11 Å². The third-order valence-electron chi connectivity index (χ3n) is 5.23. The van der Waals surface area contributed by atoms with E-state index in [9.17, 15) is 4.79 Å². The minimum absolute atomic E-state index is 0.310. The van der Waals surface area contributed by atoms with Crippen LogP contribution in [0.15, 0.2) is 0 Å². The summed E-state index contributed by atoms with van der Waals surface area (Å²) in [6, 6.07) is 0. The molecule has 0 radical (unpaired) electrons. The molecule has 0 spiro atoms. The van der Waals surface area contributed by atoms with Crippen LogP contribution >= 0.6 is 0 Å². The SMILES string of the molecule is CC(C)(C)[C@H]1CC[C@H](ON2CCC(CC(=O)O)CC2)CC1. The second-order valence-electron chi connectivity index (χ2n) is 7.92. The maximum Gasteiger partial charge on any atom is 0.303 e. The van der Waals surface area contributed by atoms with Crippen molar-refractivity contribution in [1.82, 2.24) is 5.06 Å². The number of piperidine rings is 1. The van der Waals surface area contributed by atoms with Crippen LogP contribution in [0, 0.1) is 17.3 Å². The van der Waals surface area contributed by atoms with E-state index in [0.717, 1.165) is 44.7 Å². The van der Waals surface area contributed by atoms with E-state index in [1.807, 2.05) is 0 Å². The van der Waals surface area contributed by atoms with Gasteiger partial charge in [-0.25, -0.2) is 0 Å². The molecule has 0 amide bonds. The predicted molar refractivity (Wildman–Crippen MR) is 82.8 cm³/mol. The second kappa shape index (κ2) is 7.10. The number of nitrogens with zero attached hydrogens (tertiary/aromatic N) is 1. The minimum Gasteiger partial charge on any atom is -0.481 e. The number of carboxylic acid groups (broad SMARTS) is 1. The third-order valence-corrected chi connectivity index (χ3v) is 5.23. The van der Waals surface area contributed by atoms with Crippen LogP contribution in [-0.4, -0.2) is 35.3 Å². The van der Waals surface area contributed by atoms with Crippen LogP contribution in [0.3, 0.4) is 0 Å². The molecule has 2 rings (SSSR count). The average molecular weight is 297 g/mol. The molecule has 4 heteroatoms. The Kier molecular flexibility index (Phi) is 5.67. The molecule has 1 saturated carbocycles. The number of hydrogen-bond donors (Lipinski definition) is 1. The fourth-order valence-electron chi connectivity index (χ4n) is 3.71. The summed E-state index contributed by atoms with van der Waals surface area (Å²) < 4.78 is 0. The number of hydrogen-bond acceptors (Lipinski definition) is 3. The lowest BCUT2D eigenvalue weighted by Crippen LogP contribution is -2.39. The first-order valence-corrected chi connectivity index (χ1v) is 8.48. The highest BCUT2D eigenvalue weighted by molar-refractivity contribution is 5.67. The minimum atomic E-state index is -0.671. The normalized spacial score (nSPS) is 29.5. The van der Waals surface area contributed by atoms with Gasteiger partial charge in [-0.2, -0.15) is 5.06 Å². The molecular formula is C17H31NO3. The Morgan fingerprint density at radius 3 is 2.14 bits per heavy atom. The lowest BCUT2D eigenvalue weighted by atomic mass is 9.72. The van der Waals surface area contributed by atoms with Crippen molar-refractivity contribution in [3.63, 3.8) is 0 Å². The molecule has 2 aliphatic rings. The van der Waals surface area contributed by atoms with Gasteiger partial charge in [-0.15, -0.1) is 0 Å². The van der Waals surface area contributed by atoms with Crippen LogP contribution < -0.4 is 0 Å². The van der Waals surface area contributed by atoms with Gasteiger partial charge >= 0.3 is 5.97 Å². The lowest BCUT2D eigenvalue weighted by Gasteiger charge is -2.39. The van der Waals surface area contributed by atoms with Gasteiger partial charge in [-0.3, -0.25) is 9.63 Å². The van der Waals surface area contributed by atoms with Gasteiger partial charge in [0.2, 0.25) is 0 Å². The van der Waals surface area contributed by atoms with Gasteiger partial charge in [-0.05, 0) is 55.8 Å². The van der Waals surface area contributed by atoms with E-state index in [0.29, 0.717) is 23.9 Å². The summed E-state index contributed by atoms with van der Waals surface area (Å²) in [5.74, 6) is 0.479. The molecule has 1 aliphatic heterocycles. The van der Waals surface area contributed by atoms with Crippen molar-refractivity contribution in [3.8, 4) is 0 Å². The van der Waals surface area contributed by atoms with Gasteiger partial charge in [0.15, 0.2) is 0 Å². The first kappa shape index (κ1) is 16.8. The zero-order valence-electron chi connectivity index (χ0n) is 13.8. The summed E-state index contributed by atoms with van der Waals surface area (Å²) >= 11 is 0. The van der Waals surface area contributed by atoms with Crippen molar-refractivity contribution in [2.24, 2.45) is 17.3 Å². The summed E-state index contributed by atoms with van der Waals surface area (Å²) in [7, 11) is 0. The van der Waals surface area contributed by atoms with Crippen LogP contribution in [0.1, 0.15) is 65.7 Å². The number of rotatable bonds is 4. The number of carboxylic acids is 1. The Labute approximate surface area is 128 Å². The zero-order valence-corrected chi connectivity index (χ0v) is 13.8. The molecule has 0 aromatic carbocycles. The van der Waals surface area contributed by atoms with Crippen LogP contribution in [0.25, 0.3) is 0 Å². The molecule has 122 valence electrons. The Morgan fingerprint density at radius 2 is 1.67 bits per heavy atom. The van der Waals surface area contributed by atoms with Gasteiger partial charge in [0.05, 0.1) is 6.10 Å². The van der Waals surface area contributed by atoms with Crippen molar-refractivity contribution in [2.45, 2.75) is 71.8 Å². The number of carbonyl (C=O) groups is 1. The number of hydroxylamine groups is 2. The highest BCUT2D eigenvalue weighted by Gasteiger charge is 2.31. The van der Waals surface area contributed by atoms with Gasteiger partial charge in [-0.1, -0.05) is 20.8 Å². The first-order valence-electron chi connectivity index (χ1n) is 8.48. The van der Waals surface area contributed by atoms with Crippen molar-refractivity contribution >= 4 is 5.97 Å². The van der Waals surface area contributed by atoms with E-state index >= 15 is 0 Å². The molecular weight excluding hydrogens is 266 g/mol. The van der Waals surface area contributed by atoms with Crippen molar-refractivity contribution in [2.75, 3.05) is 13.1 Å². The largest absolute Gasteiger partial charge is 0.481 e. The standard InChI is InChI=1S/C17H31NO3/c1-17(2,3)14-4-6-15(7-5-14)21-18-10-8-13(9-11-18)12-16(19)20/h13-15H,4-12H2,1-3H3,(H,19,20)/t14-,15-. The fraction of sp³-hybridized carbons (Fsp3) is 0.941. The van der Waals surface area contributed by atoms with E-state index in [2.05, 4.69) is 25.8 Å². The molecule has 0 aromatic heterocycles. The van der Waals surface area contributed by atoms with Crippen LogP contribution in [0.5, 0.6) is 0 Å². The third kappa shape index (κ3) is 5.26. The summed E-state index contributed by atoms with van der Waals surface area (Å²) in [5.41, 5.74) is 0.417. The average Bonchev–Trinajstić information content (AvgIpc) is 2.40. The van der Waals surface area contributed by atoms with E-state index in [1.54, 1.807) is 0 Å². The molecule has 1 aliphatic carbocycles. The molecule has 1 N–H and O–H groups in total. The van der Waals surface area contributed by atoms with E-state index in [-0.39, 0.29) is 0 Å². The fourth-order valence-corrected chi connectivity index (χ4v) is 3.71. The van der Waals surface area contributed by atoms with E-state index < -0.39 is 5.97 Å². The van der Waals surface area contributed by atoms with Gasteiger partial charge in [0.25, 0.3) is 0 Å². The quantitative estimate of drug-likeness (QED) is 0.859. The molecule has 0 aromatic rings. The Morgan fingerprint density at radius 1 is 1.10 bits per heavy atom. The molecule has 0 bridgehead atoms. The first-order chi connectivity index (χ1) is 9.84. The molecule has 0 unspecified atom stereocenters. The van der Waals surface area contributed by atoms with E-state index in [1.165, 1.54) is 12.8 Å². The van der Waals surface area contributed by atoms with E-state index in [4.69, 9.17) is 9.94 Å². The molecule has 2 fully saturated rings. The summed E-state index contributed by atoms with van der Waals surface area (Å²) in [6.07, 6.45) is 7.44. The summed E-state index contributed by atoms with van der Waals surface area (Å²) in [6.45, 7) is 8.79. The maximum atomic E-state index is 10.7. The topological polar surface area (TPSA) is 49.8 Å². The molecule has 21 heavy (non-hydrogen) atoms. The maximum absolute atomic E-state index is 10.7. The van der Waals surface area contributed by atoms with Crippen LogP contribution in [-0.2, 0) is 9.63 Å².